The maximum absolute atomic E-state index is 12.5. The molecule has 0 heterocycles. The van der Waals surface area contributed by atoms with Crippen LogP contribution in [0.25, 0.3) is 0 Å². The molecule has 0 saturated carbocycles. The van der Waals surface area contributed by atoms with E-state index < -0.39 is 10.0 Å². The Labute approximate surface area is 150 Å². The topological polar surface area (TPSA) is 64.6 Å². The fourth-order valence-corrected chi connectivity index (χ4v) is 3.57. The number of anilines is 1. The third kappa shape index (κ3) is 4.74. The minimum atomic E-state index is -3.69. The zero-order valence-electron chi connectivity index (χ0n) is 12.9. The molecule has 2 aromatic rings. The van der Waals surface area contributed by atoms with Crippen molar-refractivity contribution < 1.29 is 17.9 Å². The van der Waals surface area contributed by atoms with Gasteiger partial charge in [-0.25, -0.2) is 8.42 Å². The third-order valence-electron chi connectivity index (χ3n) is 2.90. The van der Waals surface area contributed by atoms with Crippen molar-refractivity contribution >= 4 is 38.3 Å². The highest BCUT2D eigenvalue weighted by atomic mass is 127. The first-order valence-corrected chi connectivity index (χ1v) is 9.70. The molecule has 2 aromatic carbocycles. The van der Waals surface area contributed by atoms with Gasteiger partial charge in [-0.05, 0) is 66.8 Å². The van der Waals surface area contributed by atoms with Gasteiger partial charge in [0.25, 0.3) is 10.0 Å². The number of hydrogen-bond donors (Lipinski definition) is 1. The van der Waals surface area contributed by atoms with Crippen LogP contribution in [0.3, 0.4) is 0 Å². The zero-order chi connectivity index (χ0) is 16.9. The molecule has 0 radical (unpaired) electrons. The van der Waals surface area contributed by atoms with Crippen molar-refractivity contribution in [2.45, 2.75) is 18.7 Å². The average Bonchev–Trinajstić information content (AvgIpc) is 2.49. The molecule has 0 atom stereocenters. The molecule has 2 rings (SSSR count). The van der Waals surface area contributed by atoms with Gasteiger partial charge in [0.2, 0.25) is 0 Å². The van der Waals surface area contributed by atoms with Crippen LogP contribution in [-0.2, 0) is 10.0 Å². The highest BCUT2D eigenvalue weighted by Crippen LogP contribution is 2.31. The highest BCUT2D eigenvalue weighted by molar-refractivity contribution is 14.1. The van der Waals surface area contributed by atoms with E-state index in [0.717, 1.165) is 3.57 Å². The molecule has 1 N–H and O–H groups in total. The van der Waals surface area contributed by atoms with Gasteiger partial charge in [0.1, 0.15) is 0 Å². The summed E-state index contributed by atoms with van der Waals surface area (Å²) in [7, 11) is -3.69. The van der Waals surface area contributed by atoms with E-state index in [4.69, 9.17) is 9.47 Å². The average molecular weight is 447 g/mol. The van der Waals surface area contributed by atoms with Gasteiger partial charge in [-0.2, -0.15) is 0 Å². The minimum absolute atomic E-state index is 0.128. The van der Waals surface area contributed by atoms with Gasteiger partial charge in [0.05, 0.1) is 18.1 Å². The van der Waals surface area contributed by atoms with Crippen LogP contribution in [0.1, 0.15) is 13.8 Å². The van der Waals surface area contributed by atoms with Gasteiger partial charge in [-0.15, -0.1) is 0 Å². The molecule has 0 saturated heterocycles. The van der Waals surface area contributed by atoms with E-state index in [9.17, 15) is 8.42 Å². The van der Waals surface area contributed by atoms with E-state index in [1.807, 2.05) is 19.9 Å². The number of halogens is 1. The SMILES string of the molecule is CCOc1ccc(S(=O)(=O)Nc2cccc(I)c2)cc1OCC. The molecule has 0 spiro atoms. The molecule has 0 amide bonds. The predicted octanol–water partition coefficient (Wildman–Crippen LogP) is 3.89. The largest absolute Gasteiger partial charge is 0.490 e. The first-order chi connectivity index (χ1) is 11.0. The maximum Gasteiger partial charge on any atom is 0.262 e. The molecular formula is C16H18INO4S. The van der Waals surface area contributed by atoms with Crippen molar-refractivity contribution in [2.75, 3.05) is 17.9 Å². The lowest BCUT2D eigenvalue weighted by Gasteiger charge is -2.13. The van der Waals surface area contributed by atoms with E-state index in [1.54, 1.807) is 24.3 Å². The Hall–Kier alpha value is -1.48. The molecule has 0 aliphatic rings. The lowest BCUT2D eigenvalue weighted by Crippen LogP contribution is -2.13. The van der Waals surface area contributed by atoms with Crippen molar-refractivity contribution in [2.24, 2.45) is 0 Å². The minimum Gasteiger partial charge on any atom is -0.490 e. The summed E-state index contributed by atoms with van der Waals surface area (Å²) in [4.78, 5) is 0.128. The van der Waals surface area contributed by atoms with Gasteiger partial charge in [-0.1, -0.05) is 6.07 Å². The molecule has 0 bridgehead atoms. The lowest BCUT2D eigenvalue weighted by molar-refractivity contribution is 0.287. The molecule has 7 heteroatoms. The normalized spacial score (nSPS) is 11.1. The molecule has 23 heavy (non-hydrogen) atoms. The van der Waals surface area contributed by atoms with Crippen LogP contribution in [0.15, 0.2) is 47.4 Å². The van der Waals surface area contributed by atoms with Crippen molar-refractivity contribution in [1.82, 2.24) is 0 Å². The van der Waals surface area contributed by atoms with Crippen LogP contribution in [0.5, 0.6) is 11.5 Å². The van der Waals surface area contributed by atoms with Crippen LogP contribution >= 0.6 is 22.6 Å². The fourth-order valence-electron chi connectivity index (χ4n) is 1.96. The maximum atomic E-state index is 12.5. The summed E-state index contributed by atoms with van der Waals surface area (Å²) >= 11 is 2.13. The van der Waals surface area contributed by atoms with Gasteiger partial charge in [0.15, 0.2) is 11.5 Å². The second kappa shape index (κ2) is 7.87. The summed E-state index contributed by atoms with van der Waals surface area (Å²) in [6.07, 6.45) is 0. The first-order valence-electron chi connectivity index (χ1n) is 7.14. The van der Waals surface area contributed by atoms with E-state index in [1.165, 1.54) is 12.1 Å². The Morgan fingerprint density at radius 1 is 1.00 bits per heavy atom. The van der Waals surface area contributed by atoms with Crippen LogP contribution in [0.2, 0.25) is 0 Å². The van der Waals surface area contributed by atoms with E-state index >= 15 is 0 Å². The Bertz CT molecular complexity index is 777. The molecule has 0 aromatic heterocycles. The van der Waals surface area contributed by atoms with Crippen molar-refractivity contribution in [3.8, 4) is 11.5 Å². The van der Waals surface area contributed by atoms with Crippen LogP contribution < -0.4 is 14.2 Å². The van der Waals surface area contributed by atoms with Gasteiger partial charge in [0, 0.05) is 15.3 Å². The van der Waals surface area contributed by atoms with Crippen molar-refractivity contribution in [1.29, 1.82) is 0 Å². The van der Waals surface area contributed by atoms with Crippen LogP contribution in [-0.4, -0.2) is 21.6 Å². The lowest BCUT2D eigenvalue weighted by atomic mass is 10.3. The zero-order valence-corrected chi connectivity index (χ0v) is 15.8. The Morgan fingerprint density at radius 3 is 2.35 bits per heavy atom. The van der Waals surface area contributed by atoms with Crippen molar-refractivity contribution in [3.63, 3.8) is 0 Å². The van der Waals surface area contributed by atoms with E-state index in [-0.39, 0.29) is 4.90 Å². The number of ether oxygens (including phenoxy) is 2. The van der Waals surface area contributed by atoms with Gasteiger partial charge < -0.3 is 9.47 Å². The van der Waals surface area contributed by atoms with Gasteiger partial charge in [-0.3, -0.25) is 4.72 Å². The monoisotopic (exact) mass is 447 g/mol. The van der Waals surface area contributed by atoms with E-state index in [2.05, 4.69) is 27.3 Å². The molecule has 0 unspecified atom stereocenters. The third-order valence-corrected chi connectivity index (χ3v) is 4.95. The highest BCUT2D eigenvalue weighted by Gasteiger charge is 2.17. The second-order valence-electron chi connectivity index (χ2n) is 4.59. The summed E-state index contributed by atoms with van der Waals surface area (Å²) in [5.74, 6) is 0.947. The summed E-state index contributed by atoms with van der Waals surface area (Å²) in [6.45, 7) is 4.60. The first kappa shape index (κ1) is 17.9. The molecule has 5 nitrogen and oxygen atoms in total. The summed E-state index contributed by atoms with van der Waals surface area (Å²) in [5.41, 5.74) is 0.517. The fraction of sp³-hybridized carbons (Fsp3) is 0.250. The molecule has 124 valence electrons. The quantitative estimate of drug-likeness (QED) is 0.655. The summed E-state index contributed by atoms with van der Waals surface area (Å²) < 4.78 is 39.5. The second-order valence-corrected chi connectivity index (χ2v) is 7.52. The molecule has 0 fully saturated rings. The summed E-state index contributed by atoms with van der Waals surface area (Å²) in [5, 5.41) is 0. The summed E-state index contributed by atoms with van der Waals surface area (Å²) in [6, 6.07) is 11.7. The molecular weight excluding hydrogens is 429 g/mol. The standard InChI is InChI=1S/C16H18INO4S/c1-3-21-15-9-8-14(11-16(15)22-4-2)23(19,20)18-13-7-5-6-12(17)10-13/h5-11,18H,3-4H2,1-2H3. The van der Waals surface area contributed by atoms with Crippen LogP contribution in [0, 0.1) is 3.57 Å². The Kier molecular flexibility index (Phi) is 6.11. The number of benzene rings is 2. The Balaban J connectivity index is 2.33. The molecule has 0 aliphatic heterocycles. The Morgan fingerprint density at radius 2 is 1.70 bits per heavy atom. The number of nitrogens with one attached hydrogen (secondary N) is 1. The predicted molar refractivity (Wildman–Crippen MR) is 98.7 cm³/mol. The number of rotatable bonds is 7. The smallest absolute Gasteiger partial charge is 0.262 e. The van der Waals surface area contributed by atoms with Crippen LogP contribution in [0.4, 0.5) is 5.69 Å². The van der Waals surface area contributed by atoms with E-state index in [0.29, 0.717) is 30.4 Å². The number of hydrogen-bond acceptors (Lipinski definition) is 4. The molecule has 0 aliphatic carbocycles. The number of sulfonamides is 1. The van der Waals surface area contributed by atoms with Crippen molar-refractivity contribution in [3.05, 3.63) is 46.0 Å². The van der Waals surface area contributed by atoms with Gasteiger partial charge >= 0.3 is 0 Å².